The lowest BCUT2D eigenvalue weighted by atomic mass is 10.1. The number of rotatable bonds is 10. The summed E-state index contributed by atoms with van der Waals surface area (Å²) in [5.74, 6) is -0.238. The Balaban J connectivity index is -0.00000162. The molecule has 4 N–H and O–H groups in total. The molecule has 0 rings (SSSR count). The van der Waals surface area contributed by atoms with Gasteiger partial charge < -0.3 is 35.0 Å². The molecule has 21 heavy (non-hydrogen) atoms. The Morgan fingerprint density at radius 2 is 1.71 bits per heavy atom. The minimum Gasteiger partial charge on any atom is -1.00 e. The summed E-state index contributed by atoms with van der Waals surface area (Å²) in [5, 5.41) is 10.6. The van der Waals surface area contributed by atoms with Crippen molar-refractivity contribution in [2.45, 2.75) is 51.5 Å². The van der Waals surface area contributed by atoms with Crippen LogP contribution in [0.25, 0.3) is 0 Å². The second-order valence-corrected chi connectivity index (χ2v) is 6.38. The van der Waals surface area contributed by atoms with E-state index in [1.54, 1.807) is 0 Å². The lowest BCUT2D eigenvalue weighted by molar-refractivity contribution is -0.870. The van der Waals surface area contributed by atoms with E-state index in [1.165, 1.54) is 12.8 Å². The van der Waals surface area contributed by atoms with Crippen LogP contribution >= 0.6 is 0 Å². The molecular weight excluding hydrogens is 313 g/mol. The van der Waals surface area contributed by atoms with Crippen LogP contribution in [0.2, 0.25) is 0 Å². The Labute approximate surface area is 142 Å². The topological polar surface area (TPSA) is 68.2 Å². The van der Waals surface area contributed by atoms with Crippen LogP contribution in [0.3, 0.4) is 0 Å². The molecule has 0 aliphatic heterocycles. The van der Waals surface area contributed by atoms with Crippen molar-refractivity contribution in [3.05, 3.63) is 0 Å². The monoisotopic (exact) mass is 345 g/mol. The van der Waals surface area contributed by atoms with Crippen LogP contribution in [0.5, 0.6) is 0 Å². The highest BCUT2D eigenvalue weighted by Crippen LogP contribution is 2.05. The van der Waals surface area contributed by atoms with Crippen molar-refractivity contribution in [1.29, 1.82) is 0 Å². The van der Waals surface area contributed by atoms with Crippen molar-refractivity contribution in [3.63, 3.8) is 0 Å². The molecule has 0 bridgehead atoms. The van der Waals surface area contributed by atoms with Crippen LogP contribution in [0.15, 0.2) is 0 Å². The Morgan fingerprint density at radius 3 is 2.19 bits per heavy atom. The highest BCUT2D eigenvalue weighted by atomic mass is 35.5. The average molecular weight is 346 g/mol. The molecule has 5 nitrogen and oxygen atoms in total. The van der Waals surface area contributed by atoms with Gasteiger partial charge in [-0.3, -0.25) is 10.0 Å². The van der Waals surface area contributed by atoms with Gasteiger partial charge in [-0.05, 0) is 6.42 Å². The molecule has 1 unspecified atom stereocenters. The normalized spacial score (nSPS) is 12.1. The number of hydrogen-bond acceptors (Lipinski definition) is 2. The molecule has 0 aromatic heterocycles. The summed E-state index contributed by atoms with van der Waals surface area (Å²) >= 11 is 0. The number of unbranched alkanes of at least 4 members (excludes halogenated alkanes) is 3. The summed E-state index contributed by atoms with van der Waals surface area (Å²) in [6, 6.07) is -0.314. The Morgan fingerprint density at radius 1 is 1.14 bits per heavy atom. The standard InChI is InChI=1S/C14H32N3O2.2ClH/c1-5-6-7-8-10-13(15)14(18)16(19)11-9-12-17(2,3)4;;/h13,19H,5-12,15H2,1-4H3;2*1H/q+1;;/p-1. The highest BCUT2D eigenvalue weighted by molar-refractivity contribution is 5.79. The van der Waals surface area contributed by atoms with Crippen molar-refractivity contribution in [3.8, 4) is 0 Å². The zero-order valence-electron chi connectivity index (χ0n) is 13.9. The van der Waals surface area contributed by atoms with E-state index in [1.807, 2.05) is 0 Å². The molecule has 0 aromatic carbocycles. The molecule has 0 heterocycles. The first-order valence-corrected chi connectivity index (χ1v) is 7.41. The summed E-state index contributed by atoms with van der Waals surface area (Å²) in [5.41, 5.74) is 3.86. The van der Waals surface area contributed by atoms with E-state index in [-0.39, 0.29) is 36.8 Å². The van der Waals surface area contributed by atoms with Crippen molar-refractivity contribution >= 4 is 5.91 Å². The summed E-state index contributed by atoms with van der Waals surface area (Å²) in [4.78, 5) is 11.9. The van der Waals surface area contributed by atoms with Crippen LogP contribution in [0.1, 0.15) is 45.4 Å². The first-order chi connectivity index (χ1) is 8.78. The highest BCUT2D eigenvalue weighted by Gasteiger charge is 2.22. The van der Waals surface area contributed by atoms with Gasteiger partial charge in [0.15, 0.2) is 6.04 Å². The first-order valence-electron chi connectivity index (χ1n) is 7.41. The minimum atomic E-state index is -0.314. The minimum absolute atomic E-state index is 0. The summed E-state index contributed by atoms with van der Waals surface area (Å²) in [7, 11) is 6.30. The molecular formula is C14H33Cl2N3O2. The van der Waals surface area contributed by atoms with Gasteiger partial charge in [-0.2, -0.15) is 0 Å². The number of quaternary nitrogens is 2. The van der Waals surface area contributed by atoms with Gasteiger partial charge in [0.05, 0.1) is 34.2 Å². The molecule has 0 fully saturated rings. The van der Waals surface area contributed by atoms with E-state index in [4.69, 9.17) is 0 Å². The molecule has 0 saturated heterocycles. The summed E-state index contributed by atoms with van der Waals surface area (Å²) in [6.45, 7) is 3.49. The quantitative estimate of drug-likeness (QED) is 0.180. The Hall–Kier alpha value is -0.0700. The predicted octanol–water partition coefficient (Wildman–Crippen LogP) is -5.11. The van der Waals surface area contributed by atoms with Gasteiger partial charge in [0.25, 0.3) is 0 Å². The second-order valence-electron chi connectivity index (χ2n) is 6.38. The fourth-order valence-corrected chi connectivity index (χ4v) is 1.96. The van der Waals surface area contributed by atoms with Gasteiger partial charge in [0, 0.05) is 12.8 Å². The third kappa shape index (κ3) is 14.6. The van der Waals surface area contributed by atoms with E-state index in [2.05, 4.69) is 33.8 Å². The number of carbonyl (C=O) groups is 1. The van der Waals surface area contributed by atoms with Crippen LogP contribution in [0.4, 0.5) is 0 Å². The first kappa shape index (κ1) is 25.9. The second kappa shape index (κ2) is 13.6. The number of amides is 1. The number of nitrogens with zero attached hydrogens (tertiary/aromatic N) is 2. The Bertz CT molecular complexity index is 261. The van der Waals surface area contributed by atoms with Crippen molar-refractivity contribution in [1.82, 2.24) is 5.06 Å². The third-order valence-electron chi connectivity index (χ3n) is 3.21. The van der Waals surface area contributed by atoms with Crippen LogP contribution in [-0.4, -0.2) is 60.9 Å². The van der Waals surface area contributed by atoms with Crippen molar-refractivity contribution in [2.75, 3.05) is 34.2 Å². The molecule has 0 aliphatic carbocycles. The summed E-state index contributed by atoms with van der Waals surface area (Å²) in [6.07, 6.45) is 6.11. The smallest absolute Gasteiger partial charge is 0.303 e. The zero-order valence-corrected chi connectivity index (χ0v) is 15.5. The predicted molar refractivity (Wildman–Crippen MR) is 76.5 cm³/mol. The van der Waals surface area contributed by atoms with Gasteiger partial charge in [-0.15, -0.1) is 0 Å². The molecule has 0 radical (unpaired) electrons. The van der Waals surface area contributed by atoms with E-state index in [0.29, 0.717) is 6.54 Å². The molecule has 0 spiro atoms. The number of halogens is 2. The van der Waals surface area contributed by atoms with Crippen LogP contribution < -0.4 is 30.5 Å². The van der Waals surface area contributed by atoms with Crippen LogP contribution in [0, 0.1) is 0 Å². The third-order valence-corrected chi connectivity index (χ3v) is 3.21. The van der Waals surface area contributed by atoms with Gasteiger partial charge in [-0.25, -0.2) is 5.06 Å². The molecule has 0 aliphatic rings. The fraction of sp³-hybridized carbons (Fsp3) is 0.929. The van der Waals surface area contributed by atoms with Gasteiger partial charge >= 0.3 is 5.91 Å². The van der Waals surface area contributed by atoms with Gasteiger partial charge in [-0.1, -0.05) is 26.2 Å². The fourth-order valence-electron chi connectivity index (χ4n) is 1.96. The molecule has 7 heteroatoms. The van der Waals surface area contributed by atoms with E-state index < -0.39 is 0 Å². The lowest BCUT2D eigenvalue weighted by Gasteiger charge is -2.25. The lowest BCUT2D eigenvalue weighted by Crippen LogP contribution is -3.00. The number of hydrogen-bond donors (Lipinski definition) is 2. The number of carbonyl (C=O) groups excluding carboxylic acids is 1. The SMILES string of the molecule is CCCCCCC([NH3+])C(=O)N(O)CCC[N+](C)(C)C.[Cl-].[Cl-]. The average Bonchev–Trinajstić information content (AvgIpc) is 2.31. The van der Waals surface area contributed by atoms with Crippen molar-refractivity contribution in [2.24, 2.45) is 0 Å². The van der Waals surface area contributed by atoms with Gasteiger partial charge in [0.2, 0.25) is 0 Å². The zero-order chi connectivity index (χ0) is 14.9. The maximum absolute atomic E-state index is 11.9. The van der Waals surface area contributed by atoms with E-state index in [9.17, 15) is 10.0 Å². The van der Waals surface area contributed by atoms with E-state index >= 15 is 0 Å². The van der Waals surface area contributed by atoms with Crippen molar-refractivity contribution < 1.29 is 45.0 Å². The summed E-state index contributed by atoms with van der Waals surface area (Å²) < 4.78 is 0.840. The van der Waals surface area contributed by atoms with E-state index in [0.717, 1.165) is 41.8 Å². The van der Waals surface area contributed by atoms with Crippen LogP contribution in [-0.2, 0) is 4.79 Å². The maximum Gasteiger partial charge on any atom is 0.303 e. The largest absolute Gasteiger partial charge is 1.00 e. The molecule has 1 atom stereocenters. The molecule has 0 saturated carbocycles. The Kier molecular flexibility index (Phi) is 16.7. The van der Waals surface area contributed by atoms with Gasteiger partial charge in [0.1, 0.15) is 0 Å². The molecule has 1 amide bonds. The maximum atomic E-state index is 11.9. The molecule has 130 valence electrons. The molecule has 0 aromatic rings. The number of hydroxylamine groups is 2.